The standard InChI is InChI=1S/C40H44F2N6O2/c1-2-25-4-3-5-26-18-29(49)19-30(33(25)26)34-32(41)20-31-36(35(34)42)45-38(46-37(31)48-21-27-6-7-28(22-48)44-27)50-24-40(8-9-40)23-47-16-12-39(13-17-47)10-14-43-15-11-39/h1,3-5,18-20,27-28,43-44,49H,6-17,21-24H2. The molecule has 1 aliphatic carbocycles. The van der Waals surface area contributed by atoms with Crippen molar-refractivity contribution in [3.63, 3.8) is 0 Å². The Labute approximate surface area is 291 Å². The number of terminal acetylenes is 1. The molecule has 5 aliphatic rings. The molecule has 0 amide bonds. The van der Waals surface area contributed by atoms with E-state index in [1.807, 2.05) is 0 Å². The minimum atomic E-state index is -0.827. The van der Waals surface area contributed by atoms with Crippen LogP contribution in [0.5, 0.6) is 11.8 Å². The molecular weight excluding hydrogens is 634 g/mol. The van der Waals surface area contributed by atoms with Gasteiger partial charge in [-0.2, -0.15) is 9.97 Å². The lowest BCUT2D eigenvalue weighted by Crippen LogP contribution is -2.51. The predicted molar refractivity (Wildman–Crippen MR) is 192 cm³/mol. The van der Waals surface area contributed by atoms with Crippen molar-refractivity contribution < 1.29 is 18.6 Å². The Morgan fingerprint density at radius 1 is 0.980 bits per heavy atom. The second kappa shape index (κ2) is 12.3. The zero-order valence-corrected chi connectivity index (χ0v) is 28.4. The minimum absolute atomic E-state index is 0.00453. The molecule has 3 N–H and O–H groups in total. The smallest absolute Gasteiger partial charge is 0.319 e. The number of aromatic nitrogens is 2. The maximum absolute atomic E-state index is 17.0. The maximum Gasteiger partial charge on any atom is 0.319 e. The molecule has 260 valence electrons. The highest BCUT2D eigenvalue weighted by molar-refractivity contribution is 6.04. The molecule has 3 aromatic carbocycles. The quantitative estimate of drug-likeness (QED) is 0.206. The summed E-state index contributed by atoms with van der Waals surface area (Å²) in [5, 5.41) is 19.2. The second-order valence-electron chi connectivity index (χ2n) is 15.7. The zero-order valence-electron chi connectivity index (χ0n) is 28.4. The molecule has 50 heavy (non-hydrogen) atoms. The number of likely N-dealkylation sites (tertiary alicyclic amines) is 1. The molecule has 5 fully saturated rings. The fourth-order valence-electron chi connectivity index (χ4n) is 9.27. The van der Waals surface area contributed by atoms with Gasteiger partial charge >= 0.3 is 6.01 Å². The van der Waals surface area contributed by atoms with Gasteiger partial charge in [0.15, 0.2) is 5.82 Å². The molecule has 4 saturated heterocycles. The highest BCUT2D eigenvalue weighted by Crippen LogP contribution is 2.49. The highest BCUT2D eigenvalue weighted by atomic mass is 19.1. The van der Waals surface area contributed by atoms with Crippen molar-refractivity contribution in [2.24, 2.45) is 10.8 Å². The number of phenolic OH excluding ortho intramolecular Hbond substituents is 1. The van der Waals surface area contributed by atoms with Gasteiger partial charge in [0.05, 0.1) is 12.2 Å². The number of aromatic hydroxyl groups is 1. The number of fused-ring (bicyclic) bond motifs is 4. The number of piperazine rings is 1. The summed E-state index contributed by atoms with van der Waals surface area (Å²) < 4.78 is 39.7. The van der Waals surface area contributed by atoms with Crippen molar-refractivity contribution in [3.8, 4) is 35.2 Å². The Morgan fingerprint density at radius 2 is 1.74 bits per heavy atom. The predicted octanol–water partition coefficient (Wildman–Crippen LogP) is 5.98. The topological polar surface area (TPSA) is 85.8 Å². The molecule has 9 rings (SSSR count). The first-order valence-corrected chi connectivity index (χ1v) is 18.3. The highest BCUT2D eigenvalue weighted by Gasteiger charge is 2.47. The van der Waals surface area contributed by atoms with Crippen LogP contribution in [0.15, 0.2) is 36.4 Å². The van der Waals surface area contributed by atoms with Gasteiger partial charge in [-0.25, -0.2) is 8.78 Å². The van der Waals surface area contributed by atoms with Gasteiger partial charge in [0.1, 0.15) is 22.9 Å². The number of ether oxygens (including phenoxy) is 1. The number of piperidine rings is 2. The number of rotatable bonds is 7. The van der Waals surface area contributed by atoms with E-state index in [-0.39, 0.29) is 33.8 Å². The van der Waals surface area contributed by atoms with Crippen LogP contribution < -0.4 is 20.3 Å². The largest absolute Gasteiger partial charge is 0.508 e. The van der Waals surface area contributed by atoms with E-state index in [2.05, 4.69) is 31.3 Å². The number of benzene rings is 3. The third-order valence-corrected chi connectivity index (χ3v) is 12.3. The minimum Gasteiger partial charge on any atom is -0.508 e. The normalized spacial score (nSPS) is 24.1. The summed E-state index contributed by atoms with van der Waals surface area (Å²) in [5.74, 6) is 1.42. The van der Waals surface area contributed by atoms with Crippen LogP contribution in [0.2, 0.25) is 0 Å². The van der Waals surface area contributed by atoms with Crippen LogP contribution in [0.4, 0.5) is 14.6 Å². The number of hydrogen-bond donors (Lipinski definition) is 3. The first-order valence-electron chi connectivity index (χ1n) is 18.3. The van der Waals surface area contributed by atoms with Gasteiger partial charge in [-0.05, 0) is 113 Å². The summed E-state index contributed by atoms with van der Waals surface area (Å²) in [7, 11) is 0. The molecule has 2 unspecified atom stereocenters. The van der Waals surface area contributed by atoms with E-state index in [4.69, 9.17) is 16.1 Å². The summed E-state index contributed by atoms with van der Waals surface area (Å²) in [4.78, 5) is 14.3. The van der Waals surface area contributed by atoms with Crippen molar-refractivity contribution in [3.05, 3.63) is 53.6 Å². The lowest BCUT2D eigenvalue weighted by molar-refractivity contribution is 0.0547. The van der Waals surface area contributed by atoms with Gasteiger partial charge in [0.25, 0.3) is 0 Å². The Morgan fingerprint density at radius 3 is 2.46 bits per heavy atom. The molecular formula is C40H44F2N6O2. The van der Waals surface area contributed by atoms with E-state index in [1.165, 1.54) is 37.8 Å². The van der Waals surface area contributed by atoms with Gasteiger partial charge in [-0.1, -0.05) is 18.1 Å². The lowest BCUT2D eigenvalue weighted by atomic mass is 9.71. The Hall–Kier alpha value is -4.04. The maximum atomic E-state index is 17.0. The van der Waals surface area contributed by atoms with Crippen molar-refractivity contribution >= 4 is 27.5 Å². The average molecular weight is 679 g/mol. The molecule has 5 heterocycles. The summed E-state index contributed by atoms with van der Waals surface area (Å²) >= 11 is 0. The molecule has 1 saturated carbocycles. The molecule has 2 bridgehead atoms. The van der Waals surface area contributed by atoms with Gasteiger partial charge in [0, 0.05) is 59.0 Å². The van der Waals surface area contributed by atoms with Crippen LogP contribution >= 0.6 is 0 Å². The molecule has 1 spiro atoms. The number of nitrogens with one attached hydrogen (secondary N) is 2. The van der Waals surface area contributed by atoms with Crippen LogP contribution in [0.1, 0.15) is 56.9 Å². The summed E-state index contributed by atoms with van der Waals surface area (Å²) in [5.41, 5.74) is 0.905. The SMILES string of the molecule is C#Cc1cccc2cc(O)cc(-c3c(F)cc4c(N5CC6CCC(C5)N6)nc(OCC5(CN6CCC7(CCNCC7)CC6)CC5)nc4c3F)c12. The Bertz CT molecular complexity index is 2000. The van der Waals surface area contributed by atoms with E-state index in [0.29, 0.717) is 64.7 Å². The summed E-state index contributed by atoms with van der Waals surface area (Å²) in [6.45, 7) is 7.31. The number of nitrogens with zero attached hydrogens (tertiary/aromatic N) is 4. The first-order chi connectivity index (χ1) is 24.3. The average Bonchev–Trinajstić information content (AvgIpc) is 3.81. The third-order valence-electron chi connectivity index (χ3n) is 12.3. The number of anilines is 1. The fourth-order valence-corrected chi connectivity index (χ4v) is 9.27. The van der Waals surface area contributed by atoms with Gasteiger partial charge < -0.3 is 30.3 Å². The van der Waals surface area contributed by atoms with Crippen LogP contribution in [0.25, 0.3) is 32.8 Å². The Kier molecular flexibility index (Phi) is 7.87. The third kappa shape index (κ3) is 5.73. The van der Waals surface area contributed by atoms with Crippen molar-refractivity contribution in [1.29, 1.82) is 0 Å². The molecule has 0 radical (unpaired) electrons. The monoisotopic (exact) mass is 678 g/mol. The van der Waals surface area contributed by atoms with Crippen LogP contribution in [-0.2, 0) is 0 Å². The summed E-state index contributed by atoms with van der Waals surface area (Å²) in [6, 6.07) is 10.2. The molecule has 4 aromatic rings. The summed E-state index contributed by atoms with van der Waals surface area (Å²) in [6.07, 6.45) is 15.2. The number of halogens is 2. The number of hydrogen-bond acceptors (Lipinski definition) is 8. The molecule has 10 heteroatoms. The molecule has 4 aliphatic heterocycles. The van der Waals surface area contributed by atoms with Crippen molar-refractivity contribution in [2.75, 3.05) is 57.3 Å². The number of phenols is 1. The van der Waals surface area contributed by atoms with E-state index < -0.39 is 11.6 Å². The lowest BCUT2D eigenvalue weighted by Gasteiger charge is -2.45. The van der Waals surface area contributed by atoms with Crippen LogP contribution in [0.3, 0.4) is 0 Å². The van der Waals surface area contributed by atoms with Gasteiger partial charge in [0.2, 0.25) is 0 Å². The van der Waals surface area contributed by atoms with Crippen LogP contribution in [-0.4, -0.2) is 84.5 Å². The van der Waals surface area contributed by atoms with Crippen LogP contribution in [0, 0.1) is 34.8 Å². The van der Waals surface area contributed by atoms with Gasteiger partial charge in [-0.15, -0.1) is 6.42 Å². The second-order valence-corrected chi connectivity index (χ2v) is 15.7. The zero-order chi connectivity index (χ0) is 34.0. The van der Waals surface area contributed by atoms with E-state index >= 15 is 8.78 Å². The van der Waals surface area contributed by atoms with E-state index in [1.54, 1.807) is 24.3 Å². The first kappa shape index (κ1) is 31.9. The fraction of sp³-hybridized carbons (Fsp3) is 0.500. The van der Waals surface area contributed by atoms with Crippen molar-refractivity contribution in [2.45, 2.75) is 63.5 Å². The Balaban J connectivity index is 1.06. The van der Waals surface area contributed by atoms with Gasteiger partial charge in [-0.3, -0.25) is 0 Å². The van der Waals surface area contributed by atoms with Crippen molar-refractivity contribution in [1.82, 2.24) is 25.5 Å². The molecule has 1 aromatic heterocycles. The van der Waals surface area contributed by atoms with E-state index in [0.717, 1.165) is 58.4 Å². The molecule has 2 atom stereocenters. The molecule has 8 nitrogen and oxygen atoms in total. The van der Waals surface area contributed by atoms with E-state index in [9.17, 15) is 5.11 Å².